The molecule has 1 N–H and O–H groups in total. The van der Waals surface area contributed by atoms with Crippen LogP contribution in [0.5, 0.6) is 0 Å². The third-order valence-corrected chi connectivity index (χ3v) is 3.12. The van der Waals surface area contributed by atoms with Gasteiger partial charge in [-0.15, -0.1) is 0 Å². The normalized spacial score (nSPS) is 25.1. The van der Waals surface area contributed by atoms with E-state index >= 15 is 0 Å². The minimum absolute atomic E-state index is 0.571. The molecule has 0 spiro atoms. The van der Waals surface area contributed by atoms with Crippen molar-refractivity contribution in [3.8, 4) is 0 Å². The van der Waals surface area contributed by atoms with Crippen molar-refractivity contribution in [2.45, 2.75) is 38.3 Å². The van der Waals surface area contributed by atoms with Gasteiger partial charge in [-0.1, -0.05) is 5.16 Å². The molecule has 2 fully saturated rings. The highest BCUT2D eigenvalue weighted by molar-refractivity contribution is 4.91. The van der Waals surface area contributed by atoms with Gasteiger partial charge in [0.25, 0.3) is 0 Å². The van der Waals surface area contributed by atoms with Crippen LogP contribution >= 0.6 is 0 Å². The monoisotopic (exact) mass is 223 g/mol. The summed E-state index contributed by atoms with van der Waals surface area (Å²) in [4.78, 5) is 4.38. The minimum Gasteiger partial charge on any atom is -0.381 e. The zero-order chi connectivity index (χ0) is 10.8. The fourth-order valence-corrected chi connectivity index (χ4v) is 1.97. The van der Waals surface area contributed by atoms with Crippen LogP contribution in [0.25, 0.3) is 0 Å². The van der Waals surface area contributed by atoms with Crippen LogP contribution in [0.4, 0.5) is 0 Å². The molecule has 0 amide bonds. The maximum atomic E-state index is 5.32. The molecule has 2 heterocycles. The molecule has 5 heteroatoms. The number of hydrogen-bond donors (Lipinski definition) is 1. The Balaban J connectivity index is 1.50. The summed E-state index contributed by atoms with van der Waals surface area (Å²) in [5.74, 6) is 2.10. The van der Waals surface area contributed by atoms with Crippen molar-refractivity contribution in [2.24, 2.45) is 5.92 Å². The molecule has 1 aromatic heterocycles. The van der Waals surface area contributed by atoms with Crippen LogP contribution < -0.4 is 5.32 Å². The molecule has 1 unspecified atom stereocenters. The maximum absolute atomic E-state index is 5.32. The summed E-state index contributed by atoms with van der Waals surface area (Å²) < 4.78 is 10.5. The van der Waals surface area contributed by atoms with Gasteiger partial charge >= 0.3 is 0 Å². The van der Waals surface area contributed by atoms with Gasteiger partial charge < -0.3 is 14.6 Å². The smallest absolute Gasteiger partial charge is 0.240 e. The Labute approximate surface area is 94.6 Å². The lowest BCUT2D eigenvalue weighted by molar-refractivity contribution is 0.185. The van der Waals surface area contributed by atoms with Crippen LogP contribution in [-0.2, 0) is 17.7 Å². The Morgan fingerprint density at radius 3 is 3.00 bits per heavy atom. The molecule has 16 heavy (non-hydrogen) atoms. The number of rotatable bonds is 5. The van der Waals surface area contributed by atoms with Gasteiger partial charge in [-0.25, -0.2) is 0 Å². The van der Waals surface area contributed by atoms with Crippen molar-refractivity contribution in [1.29, 1.82) is 0 Å². The highest BCUT2D eigenvalue weighted by Crippen LogP contribution is 2.19. The van der Waals surface area contributed by atoms with E-state index < -0.39 is 0 Å². The molecule has 0 radical (unpaired) electrons. The lowest BCUT2D eigenvalue weighted by atomic mass is 10.1. The Morgan fingerprint density at radius 1 is 1.31 bits per heavy atom. The Hall–Kier alpha value is -0.940. The summed E-state index contributed by atoms with van der Waals surface area (Å²) in [5, 5.41) is 7.36. The highest BCUT2D eigenvalue weighted by Gasteiger charge is 2.22. The van der Waals surface area contributed by atoms with Crippen molar-refractivity contribution in [3.63, 3.8) is 0 Å². The van der Waals surface area contributed by atoms with Crippen molar-refractivity contribution < 1.29 is 9.26 Å². The number of nitrogens with zero attached hydrogens (tertiary/aromatic N) is 2. The van der Waals surface area contributed by atoms with Gasteiger partial charge in [0.05, 0.1) is 6.54 Å². The summed E-state index contributed by atoms with van der Waals surface area (Å²) >= 11 is 0. The van der Waals surface area contributed by atoms with Gasteiger partial charge in [-0.05, 0) is 25.2 Å². The van der Waals surface area contributed by atoms with Gasteiger partial charge in [-0.2, -0.15) is 4.98 Å². The molecule has 0 aromatic carbocycles. The first kappa shape index (κ1) is 10.2. The summed E-state index contributed by atoms with van der Waals surface area (Å²) in [5.41, 5.74) is 0. The van der Waals surface area contributed by atoms with Crippen LogP contribution in [0, 0.1) is 5.92 Å². The van der Waals surface area contributed by atoms with Crippen molar-refractivity contribution in [2.75, 3.05) is 13.2 Å². The molecule has 88 valence electrons. The van der Waals surface area contributed by atoms with E-state index in [2.05, 4.69) is 15.5 Å². The highest BCUT2D eigenvalue weighted by atomic mass is 16.5. The lowest BCUT2D eigenvalue weighted by Crippen LogP contribution is -2.15. The van der Waals surface area contributed by atoms with Crippen LogP contribution in [-0.4, -0.2) is 29.4 Å². The molecule has 1 atom stereocenters. The molecular weight excluding hydrogens is 206 g/mol. The number of hydrogen-bond acceptors (Lipinski definition) is 5. The van der Waals surface area contributed by atoms with E-state index in [4.69, 9.17) is 9.26 Å². The topological polar surface area (TPSA) is 60.2 Å². The van der Waals surface area contributed by atoms with Crippen LogP contribution in [0.2, 0.25) is 0 Å². The van der Waals surface area contributed by atoms with E-state index in [1.54, 1.807) is 0 Å². The van der Waals surface area contributed by atoms with Gasteiger partial charge in [0.1, 0.15) is 0 Å². The number of ether oxygens (including phenoxy) is 1. The average Bonchev–Trinajstić information content (AvgIpc) is 2.78. The summed E-state index contributed by atoms with van der Waals surface area (Å²) in [6.45, 7) is 2.42. The molecular formula is C11H17N3O2. The molecule has 1 aliphatic heterocycles. The lowest BCUT2D eigenvalue weighted by Gasteiger charge is -2.01. The SMILES string of the molecule is C1CC(Cc2noc(CNC3CC3)n2)CO1. The van der Waals surface area contributed by atoms with E-state index in [9.17, 15) is 0 Å². The molecule has 1 saturated carbocycles. The predicted octanol–water partition coefficient (Wildman–Crippen LogP) is 0.901. The van der Waals surface area contributed by atoms with Crippen molar-refractivity contribution in [1.82, 2.24) is 15.5 Å². The minimum atomic E-state index is 0.571. The van der Waals surface area contributed by atoms with Gasteiger partial charge in [-0.3, -0.25) is 0 Å². The first-order valence-corrected chi connectivity index (χ1v) is 6.03. The second-order valence-corrected chi connectivity index (χ2v) is 4.69. The number of aromatic nitrogens is 2. The zero-order valence-corrected chi connectivity index (χ0v) is 9.32. The molecule has 1 aromatic rings. The maximum Gasteiger partial charge on any atom is 0.240 e. The molecule has 1 aliphatic carbocycles. The quantitative estimate of drug-likeness (QED) is 0.803. The second kappa shape index (κ2) is 4.51. The van der Waals surface area contributed by atoms with E-state index in [0.717, 1.165) is 31.9 Å². The van der Waals surface area contributed by atoms with Crippen molar-refractivity contribution in [3.05, 3.63) is 11.7 Å². The van der Waals surface area contributed by atoms with E-state index in [1.807, 2.05) is 0 Å². The summed E-state index contributed by atoms with van der Waals surface area (Å²) in [7, 11) is 0. The fourth-order valence-electron chi connectivity index (χ4n) is 1.97. The summed E-state index contributed by atoms with van der Waals surface area (Å²) in [6, 6.07) is 0.679. The Bertz CT molecular complexity index is 343. The first-order valence-electron chi connectivity index (χ1n) is 6.03. The third-order valence-electron chi connectivity index (χ3n) is 3.12. The van der Waals surface area contributed by atoms with Crippen LogP contribution in [0.1, 0.15) is 31.0 Å². The predicted molar refractivity (Wildman–Crippen MR) is 56.8 cm³/mol. The zero-order valence-electron chi connectivity index (χ0n) is 9.32. The largest absolute Gasteiger partial charge is 0.381 e. The van der Waals surface area contributed by atoms with E-state index in [-0.39, 0.29) is 0 Å². The molecule has 5 nitrogen and oxygen atoms in total. The van der Waals surface area contributed by atoms with Gasteiger partial charge in [0.15, 0.2) is 5.82 Å². The molecule has 2 aliphatic rings. The average molecular weight is 223 g/mol. The molecule has 0 bridgehead atoms. The van der Waals surface area contributed by atoms with Gasteiger partial charge in [0, 0.05) is 25.7 Å². The second-order valence-electron chi connectivity index (χ2n) is 4.69. The standard InChI is InChI=1S/C11H17N3O2/c1-2-9(1)12-6-11-13-10(14-16-11)5-8-3-4-15-7-8/h8-9,12H,1-7H2. The Kier molecular flexibility index (Phi) is 2.88. The van der Waals surface area contributed by atoms with Crippen LogP contribution in [0.15, 0.2) is 4.52 Å². The van der Waals surface area contributed by atoms with E-state index in [1.165, 1.54) is 12.8 Å². The summed E-state index contributed by atoms with van der Waals surface area (Å²) in [6.07, 6.45) is 4.55. The third kappa shape index (κ3) is 2.59. The van der Waals surface area contributed by atoms with Crippen LogP contribution in [0.3, 0.4) is 0 Å². The Morgan fingerprint density at radius 2 is 2.25 bits per heavy atom. The van der Waals surface area contributed by atoms with Crippen molar-refractivity contribution >= 4 is 0 Å². The number of nitrogens with one attached hydrogen (secondary N) is 1. The van der Waals surface area contributed by atoms with Gasteiger partial charge in [0.2, 0.25) is 5.89 Å². The first-order chi connectivity index (χ1) is 7.90. The molecule has 3 rings (SSSR count). The molecule has 1 saturated heterocycles. The van der Waals surface area contributed by atoms with E-state index in [0.29, 0.717) is 24.4 Å². The fraction of sp³-hybridized carbons (Fsp3) is 0.818.